The van der Waals surface area contributed by atoms with E-state index in [4.69, 9.17) is 5.84 Å². The van der Waals surface area contributed by atoms with Crippen molar-refractivity contribution in [3.05, 3.63) is 48.7 Å². The smallest absolute Gasteiger partial charge is 0.0470 e. The summed E-state index contributed by atoms with van der Waals surface area (Å²) in [5, 5.41) is 1.76. The number of hydrazine groups is 1. The van der Waals surface area contributed by atoms with Crippen LogP contribution in [-0.4, -0.2) is 10.5 Å². The van der Waals surface area contributed by atoms with Crippen LogP contribution in [0.2, 0.25) is 0 Å². The zero-order valence-corrected chi connectivity index (χ0v) is 12.2. The Hall–Kier alpha value is -1.28. The average Bonchev–Trinajstić information content (AvgIpc) is 2.50. The van der Waals surface area contributed by atoms with Crippen LogP contribution < -0.4 is 5.84 Å². The van der Waals surface area contributed by atoms with Crippen LogP contribution in [0.4, 0.5) is 0 Å². The maximum Gasteiger partial charge on any atom is 0.0470 e. The topological polar surface area (TPSA) is 29.3 Å². The second-order valence-electron chi connectivity index (χ2n) is 6.18. The minimum Gasteiger partial charge on any atom is -0.313 e. The van der Waals surface area contributed by atoms with E-state index in [1.807, 2.05) is 6.20 Å². The molecule has 0 radical (unpaired) electrons. The number of nitrogens with zero attached hydrogens (tertiary/aromatic N) is 1. The molecule has 18 heavy (non-hydrogen) atoms. The molecular formula is C16H26N2. The highest BCUT2D eigenvalue weighted by atomic mass is 15.4. The Labute approximate surface area is 112 Å². The van der Waals surface area contributed by atoms with Crippen LogP contribution in [0.3, 0.4) is 0 Å². The second-order valence-corrected chi connectivity index (χ2v) is 6.18. The largest absolute Gasteiger partial charge is 0.313 e. The summed E-state index contributed by atoms with van der Waals surface area (Å²) in [4.78, 5) is 0. The SMILES string of the molecule is CC(/C=C\N(N)C(C)(C)C)C1(C)C=CC=CC=C1. The van der Waals surface area contributed by atoms with E-state index < -0.39 is 0 Å². The van der Waals surface area contributed by atoms with Gasteiger partial charge in [-0.1, -0.05) is 56.4 Å². The van der Waals surface area contributed by atoms with E-state index in [1.165, 1.54) is 0 Å². The van der Waals surface area contributed by atoms with Gasteiger partial charge in [-0.25, -0.2) is 5.84 Å². The lowest BCUT2D eigenvalue weighted by atomic mass is 9.77. The molecule has 1 rings (SSSR count). The minimum absolute atomic E-state index is 0.0404. The molecule has 1 unspecified atom stereocenters. The van der Waals surface area contributed by atoms with E-state index in [1.54, 1.807) is 5.01 Å². The van der Waals surface area contributed by atoms with Crippen molar-refractivity contribution >= 4 is 0 Å². The summed E-state index contributed by atoms with van der Waals surface area (Å²) in [6.07, 6.45) is 17.0. The molecule has 1 aliphatic rings. The van der Waals surface area contributed by atoms with Gasteiger partial charge in [0.15, 0.2) is 0 Å². The third-order valence-corrected chi connectivity index (χ3v) is 3.54. The molecule has 0 saturated carbocycles. The highest BCUT2D eigenvalue weighted by Crippen LogP contribution is 2.33. The number of allylic oxidation sites excluding steroid dienone is 7. The molecule has 1 aliphatic carbocycles. The molecule has 0 heterocycles. The molecule has 0 spiro atoms. The lowest BCUT2D eigenvalue weighted by Crippen LogP contribution is -2.42. The van der Waals surface area contributed by atoms with Gasteiger partial charge >= 0.3 is 0 Å². The highest BCUT2D eigenvalue weighted by molar-refractivity contribution is 5.25. The maximum absolute atomic E-state index is 6.00. The van der Waals surface area contributed by atoms with Crippen LogP contribution in [0.5, 0.6) is 0 Å². The first kappa shape index (κ1) is 14.8. The van der Waals surface area contributed by atoms with Gasteiger partial charge in [0.1, 0.15) is 0 Å². The number of nitrogens with two attached hydrogens (primary N) is 1. The van der Waals surface area contributed by atoms with Gasteiger partial charge in [0.2, 0.25) is 0 Å². The zero-order valence-electron chi connectivity index (χ0n) is 12.2. The molecule has 2 nitrogen and oxygen atoms in total. The Bertz CT molecular complexity index is 364. The van der Waals surface area contributed by atoms with Crippen molar-refractivity contribution in [1.29, 1.82) is 0 Å². The van der Waals surface area contributed by atoms with E-state index in [0.717, 1.165) is 0 Å². The van der Waals surface area contributed by atoms with Gasteiger partial charge in [-0.15, -0.1) is 0 Å². The summed E-state index contributed by atoms with van der Waals surface area (Å²) in [5.41, 5.74) is -0.00740. The number of hydrogen-bond donors (Lipinski definition) is 1. The minimum atomic E-state index is -0.0478. The van der Waals surface area contributed by atoms with E-state index in [9.17, 15) is 0 Å². The standard InChI is InChI=1S/C16H26N2/c1-14(10-13-18(17)15(2,3)4)16(5)11-8-6-7-9-12-16/h6-14H,17H2,1-5H3/b13-10-. The maximum atomic E-state index is 6.00. The first-order valence-corrected chi connectivity index (χ1v) is 6.52. The molecule has 2 heteroatoms. The fourth-order valence-corrected chi connectivity index (χ4v) is 1.67. The van der Waals surface area contributed by atoms with E-state index in [0.29, 0.717) is 5.92 Å². The average molecular weight is 246 g/mol. The van der Waals surface area contributed by atoms with Crippen LogP contribution >= 0.6 is 0 Å². The first-order valence-electron chi connectivity index (χ1n) is 6.52. The molecule has 2 N–H and O–H groups in total. The van der Waals surface area contributed by atoms with Gasteiger partial charge in [-0.2, -0.15) is 0 Å². The molecule has 1 atom stereocenters. The van der Waals surface area contributed by atoms with E-state index in [2.05, 4.69) is 77.2 Å². The summed E-state index contributed by atoms with van der Waals surface area (Å²) >= 11 is 0. The van der Waals surface area contributed by atoms with Crippen LogP contribution in [-0.2, 0) is 0 Å². The summed E-state index contributed by atoms with van der Waals surface area (Å²) in [7, 11) is 0. The molecule has 0 bridgehead atoms. The van der Waals surface area contributed by atoms with Crippen molar-refractivity contribution in [2.24, 2.45) is 17.2 Å². The van der Waals surface area contributed by atoms with E-state index >= 15 is 0 Å². The van der Waals surface area contributed by atoms with Gasteiger partial charge < -0.3 is 5.01 Å². The lowest BCUT2D eigenvalue weighted by molar-refractivity contribution is 0.208. The molecule has 0 fully saturated rings. The van der Waals surface area contributed by atoms with Gasteiger partial charge in [0.25, 0.3) is 0 Å². The summed E-state index contributed by atoms with van der Waals surface area (Å²) < 4.78 is 0. The number of hydrogen-bond acceptors (Lipinski definition) is 2. The van der Waals surface area contributed by atoms with Gasteiger partial charge in [0, 0.05) is 17.2 Å². The number of rotatable bonds is 3. The molecule has 0 aliphatic heterocycles. The Morgan fingerprint density at radius 2 is 1.61 bits per heavy atom. The Balaban J connectivity index is 2.76. The first-order chi connectivity index (χ1) is 8.26. The Morgan fingerprint density at radius 3 is 2.06 bits per heavy atom. The molecule has 0 aromatic rings. The van der Waals surface area contributed by atoms with E-state index in [-0.39, 0.29) is 11.0 Å². The predicted molar refractivity (Wildman–Crippen MR) is 79.6 cm³/mol. The zero-order chi connectivity index (χ0) is 13.8. The fourth-order valence-electron chi connectivity index (χ4n) is 1.67. The Kier molecular flexibility index (Phi) is 4.58. The third kappa shape index (κ3) is 3.88. The van der Waals surface area contributed by atoms with Crippen molar-refractivity contribution in [3.8, 4) is 0 Å². The highest BCUT2D eigenvalue weighted by Gasteiger charge is 2.24. The third-order valence-electron chi connectivity index (χ3n) is 3.54. The summed E-state index contributed by atoms with van der Waals surface area (Å²) in [5.74, 6) is 6.39. The summed E-state index contributed by atoms with van der Waals surface area (Å²) in [6, 6.07) is 0. The quantitative estimate of drug-likeness (QED) is 0.606. The molecular weight excluding hydrogens is 220 g/mol. The molecule has 0 aromatic carbocycles. The monoisotopic (exact) mass is 246 g/mol. The van der Waals surface area contributed by atoms with Crippen molar-refractivity contribution in [3.63, 3.8) is 0 Å². The van der Waals surface area contributed by atoms with Gasteiger partial charge in [0.05, 0.1) is 0 Å². The Morgan fingerprint density at radius 1 is 1.11 bits per heavy atom. The van der Waals surface area contributed by atoms with Crippen LogP contribution in [0.25, 0.3) is 0 Å². The van der Waals surface area contributed by atoms with Crippen LogP contribution in [0.15, 0.2) is 48.7 Å². The summed E-state index contributed by atoms with van der Waals surface area (Å²) in [6.45, 7) is 10.7. The van der Waals surface area contributed by atoms with Crippen LogP contribution in [0.1, 0.15) is 34.6 Å². The normalized spacial score (nSPS) is 20.1. The van der Waals surface area contributed by atoms with Gasteiger partial charge in [-0.3, -0.25) is 0 Å². The van der Waals surface area contributed by atoms with Crippen molar-refractivity contribution in [1.82, 2.24) is 5.01 Å². The van der Waals surface area contributed by atoms with Crippen molar-refractivity contribution < 1.29 is 0 Å². The van der Waals surface area contributed by atoms with Crippen LogP contribution in [0, 0.1) is 11.3 Å². The molecule has 0 amide bonds. The molecule has 0 saturated heterocycles. The predicted octanol–water partition coefficient (Wildman–Crippen LogP) is 3.80. The molecule has 100 valence electrons. The lowest BCUT2D eigenvalue weighted by Gasteiger charge is -2.32. The fraction of sp³-hybridized carbons (Fsp3) is 0.500. The van der Waals surface area contributed by atoms with Crippen molar-refractivity contribution in [2.75, 3.05) is 0 Å². The van der Waals surface area contributed by atoms with Gasteiger partial charge in [-0.05, 0) is 26.7 Å². The molecule has 0 aromatic heterocycles. The second kappa shape index (κ2) is 5.57. The van der Waals surface area contributed by atoms with Crippen molar-refractivity contribution in [2.45, 2.75) is 40.2 Å².